The fourth-order valence-electron chi connectivity index (χ4n) is 2.40. The molecule has 21 heavy (non-hydrogen) atoms. The second-order valence-electron chi connectivity index (χ2n) is 4.79. The van der Waals surface area contributed by atoms with E-state index in [1.54, 1.807) is 6.92 Å². The molecule has 1 aromatic rings. The van der Waals surface area contributed by atoms with Gasteiger partial charge in [0.15, 0.2) is 6.29 Å². The normalized spacial score (nSPS) is 14.4. The number of hydrogen-bond acceptors (Lipinski definition) is 6. The van der Waals surface area contributed by atoms with Gasteiger partial charge in [-0.25, -0.2) is 9.78 Å². The van der Waals surface area contributed by atoms with Gasteiger partial charge in [0, 0.05) is 13.1 Å². The van der Waals surface area contributed by atoms with Gasteiger partial charge in [-0.1, -0.05) is 0 Å². The van der Waals surface area contributed by atoms with Crippen molar-refractivity contribution in [1.82, 2.24) is 4.98 Å². The summed E-state index contributed by atoms with van der Waals surface area (Å²) in [6.07, 6.45) is 3.71. The molecule has 0 aliphatic carbocycles. The van der Waals surface area contributed by atoms with E-state index in [1.807, 2.05) is 11.0 Å². The highest BCUT2D eigenvalue weighted by atomic mass is 16.5. The summed E-state index contributed by atoms with van der Waals surface area (Å²) in [5, 5.41) is 9.07. The number of rotatable bonds is 4. The van der Waals surface area contributed by atoms with Gasteiger partial charge in [0.1, 0.15) is 23.1 Å². The Morgan fingerprint density at radius 2 is 2.19 bits per heavy atom. The first kappa shape index (κ1) is 15.0. The minimum absolute atomic E-state index is 0.0612. The largest absolute Gasteiger partial charge is 0.462 e. The van der Waals surface area contributed by atoms with Gasteiger partial charge in [0.05, 0.1) is 12.2 Å². The van der Waals surface area contributed by atoms with Crippen molar-refractivity contribution in [3.63, 3.8) is 0 Å². The highest BCUT2D eigenvalue weighted by molar-refractivity contribution is 5.96. The second kappa shape index (κ2) is 6.84. The van der Waals surface area contributed by atoms with Gasteiger partial charge in [-0.2, -0.15) is 5.26 Å². The lowest BCUT2D eigenvalue weighted by molar-refractivity contribution is 0.0526. The SMILES string of the molecule is CCOC(=O)c1cc(C#N)c(C=O)nc1N1CCCCC1. The molecule has 2 rings (SSSR count). The molecule has 0 bridgehead atoms. The van der Waals surface area contributed by atoms with E-state index in [0.29, 0.717) is 12.1 Å². The smallest absolute Gasteiger partial charge is 0.341 e. The summed E-state index contributed by atoms with van der Waals surface area (Å²) < 4.78 is 5.03. The number of ether oxygens (including phenoxy) is 1. The summed E-state index contributed by atoms with van der Waals surface area (Å²) in [6.45, 7) is 3.53. The van der Waals surface area contributed by atoms with Crippen molar-refractivity contribution in [2.75, 3.05) is 24.6 Å². The van der Waals surface area contributed by atoms with Crippen LogP contribution in [0.1, 0.15) is 52.6 Å². The van der Waals surface area contributed by atoms with Crippen LogP contribution in [0.25, 0.3) is 0 Å². The maximum Gasteiger partial charge on any atom is 0.341 e. The molecule has 0 radical (unpaired) electrons. The lowest BCUT2D eigenvalue weighted by Crippen LogP contribution is -2.32. The average molecular weight is 287 g/mol. The van der Waals surface area contributed by atoms with Crippen molar-refractivity contribution in [3.8, 4) is 6.07 Å². The maximum atomic E-state index is 12.1. The number of aldehydes is 1. The number of aromatic nitrogens is 1. The average Bonchev–Trinajstić information content (AvgIpc) is 2.54. The Bertz CT molecular complexity index is 587. The Morgan fingerprint density at radius 3 is 2.76 bits per heavy atom. The number of hydrogen-bond donors (Lipinski definition) is 0. The van der Waals surface area contributed by atoms with E-state index in [1.165, 1.54) is 6.07 Å². The van der Waals surface area contributed by atoms with E-state index in [0.717, 1.165) is 32.4 Å². The molecule has 0 amide bonds. The first-order chi connectivity index (χ1) is 10.2. The predicted molar refractivity (Wildman–Crippen MR) is 76.4 cm³/mol. The summed E-state index contributed by atoms with van der Waals surface area (Å²) in [5.74, 6) is -0.0752. The Kier molecular flexibility index (Phi) is 4.88. The van der Waals surface area contributed by atoms with Crippen molar-refractivity contribution in [1.29, 1.82) is 5.26 Å². The minimum Gasteiger partial charge on any atom is -0.462 e. The van der Waals surface area contributed by atoms with Crippen LogP contribution in [0.2, 0.25) is 0 Å². The van der Waals surface area contributed by atoms with Crippen LogP contribution in [0.15, 0.2) is 6.07 Å². The monoisotopic (exact) mass is 287 g/mol. The molecule has 0 spiro atoms. The van der Waals surface area contributed by atoms with Crippen molar-refractivity contribution < 1.29 is 14.3 Å². The standard InChI is InChI=1S/C15H17N3O3/c1-2-21-15(20)12-8-11(9-16)13(10-19)17-14(12)18-6-4-3-5-7-18/h8,10H,2-7H2,1H3. The van der Waals surface area contributed by atoms with E-state index < -0.39 is 5.97 Å². The third kappa shape index (κ3) is 3.19. The molecular formula is C15H17N3O3. The molecule has 0 saturated carbocycles. The summed E-state index contributed by atoms with van der Waals surface area (Å²) in [7, 11) is 0. The Labute approximate surface area is 123 Å². The summed E-state index contributed by atoms with van der Waals surface area (Å²) >= 11 is 0. The molecular weight excluding hydrogens is 270 g/mol. The summed E-state index contributed by atoms with van der Waals surface area (Å²) in [5.41, 5.74) is 0.404. The predicted octanol–water partition coefficient (Wildman–Crippen LogP) is 1.93. The van der Waals surface area contributed by atoms with Crippen LogP contribution in [-0.2, 0) is 4.74 Å². The van der Waals surface area contributed by atoms with Crippen molar-refractivity contribution >= 4 is 18.1 Å². The Balaban J connectivity index is 2.50. The van der Waals surface area contributed by atoms with E-state index in [2.05, 4.69) is 4.98 Å². The van der Waals surface area contributed by atoms with Crippen LogP contribution >= 0.6 is 0 Å². The molecule has 1 fully saturated rings. The van der Waals surface area contributed by atoms with Crippen LogP contribution in [0, 0.1) is 11.3 Å². The van der Waals surface area contributed by atoms with Crippen molar-refractivity contribution in [2.45, 2.75) is 26.2 Å². The van der Waals surface area contributed by atoms with Crippen LogP contribution in [0.5, 0.6) is 0 Å². The highest BCUT2D eigenvalue weighted by Gasteiger charge is 2.23. The third-order valence-electron chi connectivity index (χ3n) is 3.41. The number of carbonyl (C=O) groups excluding carboxylic acids is 2. The first-order valence-electron chi connectivity index (χ1n) is 7.03. The molecule has 1 saturated heterocycles. The molecule has 1 aliphatic heterocycles. The molecule has 1 aromatic heterocycles. The van der Waals surface area contributed by atoms with Gasteiger partial charge in [-0.05, 0) is 32.3 Å². The second-order valence-corrected chi connectivity index (χ2v) is 4.79. The zero-order valence-corrected chi connectivity index (χ0v) is 12.0. The number of esters is 1. The van der Waals surface area contributed by atoms with E-state index >= 15 is 0 Å². The first-order valence-corrected chi connectivity index (χ1v) is 7.03. The van der Waals surface area contributed by atoms with Gasteiger partial charge >= 0.3 is 5.97 Å². The fraction of sp³-hybridized carbons (Fsp3) is 0.467. The minimum atomic E-state index is -0.514. The molecule has 0 N–H and O–H groups in total. The van der Waals surface area contributed by atoms with E-state index in [9.17, 15) is 9.59 Å². The lowest BCUT2D eigenvalue weighted by Gasteiger charge is -2.29. The Hall–Kier alpha value is -2.42. The molecule has 6 heteroatoms. The zero-order valence-electron chi connectivity index (χ0n) is 12.0. The van der Waals surface area contributed by atoms with Gasteiger partial charge < -0.3 is 9.64 Å². The molecule has 2 heterocycles. The topological polar surface area (TPSA) is 83.3 Å². The molecule has 0 aromatic carbocycles. The Morgan fingerprint density at radius 1 is 1.48 bits per heavy atom. The van der Waals surface area contributed by atoms with Gasteiger partial charge in [-0.3, -0.25) is 4.79 Å². The summed E-state index contributed by atoms with van der Waals surface area (Å²) in [4.78, 5) is 29.4. The van der Waals surface area contributed by atoms with E-state index in [4.69, 9.17) is 10.00 Å². The fourth-order valence-corrected chi connectivity index (χ4v) is 2.40. The molecule has 110 valence electrons. The maximum absolute atomic E-state index is 12.1. The molecule has 0 atom stereocenters. The van der Waals surface area contributed by atoms with E-state index in [-0.39, 0.29) is 23.4 Å². The van der Waals surface area contributed by atoms with Crippen LogP contribution in [-0.4, -0.2) is 36.9 Å². The van der Waals surface area contributed by atoms with Gasteiger partial charge in [0.25, 0.3) is 0 Å². The van der Waals surface area contributed by atoms with Crippen LogP contribution < -0.4 is 4.90 Å². The molecule has 1 aliphatic rings. The van der Waals surface area contributed by atoms with Crippen LogP contribution in [0.4, 0.5) is 5.82 Å². The number of anilines is 1. The zero-order chi connectivity index (χ0) is 15.2. The van der Waals surface area contributed by atoms with Crippen LogP contribution in [0.3, 0.4) is 0 Å². The van der Waals surface area contributed by atoms with Crippen molar-refractivity contribution in [2.24, 2.45) is 0 Å². The third-order valence-corrected chi connectivity index (χ3v) is 3.41. The number of pyridine rings is 1. The van der Waals surface area contributed by atoms with Crippen molar-refractivity contribution in [3.05, 3.63) is 22.9 Å². The quantitative estimate of drug-likeness (QED) is 0.621. The summed E-state index contributed by atoms with van der Waals surface area (Å²) in [6, 6.07) is 3.30. The number of nitriles is 1. The highest BCUT2D eigenvalue weighted by Crippen LogP contribution is 2.25. The van der Waals surface area contributed by atoms with Gasteiger partial charge in [-0.15, -0.1) is 0 Å². The number of carbonyl (C=O) groups is 2. The van der Waals surface area contributed by atoms with Gasteiger partial charge in [0.2, 0.25) is 0 Å². The molecule has 0 unspecified atom stereocenters. The number of piperidine rings is 1. The lowest BCUT2D eigenvalue weighted by atomic mass is 10.1. The number of nitrogens with zero attached hydrogens (tertiary/aromatic N) is 3. The molecule has 6 nitrogen and oxygen atoms in total.